The summed E-state index contributed by atoms with van der Waals surface area (Å²) >= 11 is 0. The number of morpholine rings is 1. The number of rotatable bonds is 8. The first-order valence-electron chi connectivity index (χ1n) is 12.8. The highest BCUT2D eigenvalue weighted by atomic mass is 16.5. The van der Waals surface area contributed by atoms with Gasteiger partial charge in [0.15, 0.2) is 0 Å². The van der Waals surface area contributed by atoms with Gasteiger partial charge >= 0.3 is 0 Å². The second-order valence-corrected chi connectivity index (χ2v) is 9.68. The van der Waals surface area contributed by atoms with E-state index in [1.54, 1.807) is 0 Å². The molecule has 0 spiro atoms. The molecule has 1 fully saturated rings. The molecule has 0 bridgehead atoms. The van der Waals surface area contributed by atoms with Crippen molar-refractivity contribution in [3.8, 4) is 0 Å². The van der Waals surface area contributed by atoms with E-state index in [0.717, 1.165) is 71.6 Å². The van der Waals surface area contributed by atoms with Crippen molar-refractivity contribution in [1.29, 1.82) is 0 Å². The molecule has 3 aliphatic rings. The molecule has 2 atom stereocenters. The first-order chi connectivity index (χ1) is 16.3. The van der Waals surface area contributed by atoms with Gasteiger partial charge in [-0.3, -0.25) is 9.88 Å². The number of aromatic nitrogens is 1. The molecule has 1 aromatic carbocycles. The third-order valence-corrected chi connectivity index (χ3v) is 7.55. The predicted octanol–water partition coefficient (Wildman–Crippen LogP) is 3.08. The van der Waals surface area contributed by atoms with Gasteiger partial charge in [0.05, 0.1) is 24.9 Å². The van der Waals surface area contributed by atoms with E-state index in [4.69, 9.17) is 9.72 Å². The first kappa shape index (κ1) is 22.8. The lowest BCUT2D eigenvalue weighted by molar-refractivity contribution is 0.122. The zero-order valence-electron chi connectivity index (χ0n) is 19.7. The number of hydrogen-bond acceptors (Lipinski definition) is 6. The number of benzene rings is 1. The lowest BCUT2D eigenvalue weighted by atomic mass is 9.89. The summed E-state index contributed by atoms with van der Waals surface area (Å²) in [6.07, 6.45) is 8.43. The normalized spacial score (nSPS) is 22.8. The minimum absolute atomic E-state index is 0.269. The van der Waals surface area contributed by atoms with Crippen LogP contribution >= 0.6 is 0 Å². The van der Waals surface area contributed by atoms with Gasteiger partial charge in [-0.25, -0.2) is 0 Å². The van der Waals surface area contributed by atoms with E-state index in [9.17, 15) is 5.11 Å². The summed E-state index contributed by atoms with van der Waals surface area (Å²) in [6.45, 7) is 6.82. The zero-order chi connectivity index (χ0) is 22.5. The molecule has 0 amide bonds. The van der Waals surface area contributed by atoms with E-state index < -0.39 is 0 Å². The molecule has 2 aromatic rings. The summed E-state index contributed by atoms with van der Waals surface area (Å²) < 4.78 is 5.60. The Labute approximate surface area is 198 Å². The highest BCUT2D eigenvalue weighted by Gasteiger charge is 2.30. The Morgan fingerprint density at radius 3 is 2.88 bits per heavy atom. The van der Waals surface area contributed by atoms with Gasteiger partial charge in [0.2, 0.25) is 0 Å². The summed E-state index contributed by atoms with van der Waals surface area (Å²) in [6, 6.07) is 11.9. The van der Waals surface area contributed by atoms with Crippen molar-refractivity contribution in [3.05, 3.63) is 58.9 Å². The topological polar surface area (TPSA) is 60.9 Å². The van der Waals surface area contributed by atoms with Gasteiger partial charge in [0, 0.05) is 50.7 Å². The Bertz CT molecular complexity index is 915. The Morgan fingerprint density at radius 2 is 2.00 bits per heavy atom. The fraction of sp³-hybridized carbons (Fsp3) is 0.593. The second-order valence-electron chi connectivity index (χ2n) is 9.68. The van der Waals surface area contributed by atoms with Crippen LogP contribution in [0.25, 0.3) is 0 Å². The summed E-state index contributed by atoms with van der Waals surface area (Å²) in [5.74, 6) is 0. The molecule has 0 saturated carbocycles. The largest absolute Gasteiger partial charge is 0.396 e. The van der Waals surface area contributed by atoms with Crippen LogP contribution in [0, 0.1) is 0 Å². The fourth-order valence-corrected chi connectivity index (χ4v) is 5.85. The maximum absolute atomic E-state index is 9.38. The van der Waals surface area contributed by atoms with Crippen molar-refractivity contribution < 1.29 is 9.84 Å². The average Bonchev–Trinajstić information content (AvgIpc) is 2.88. The molecular weight excluding hydrogens is 412 g/mol. The lowest BCUT2D eigenvalue weighted by Crippen LogP contribution is -2.47. The number of pyridine rings is 1. The predicted molar refractivity (Wildman–Crippen MR) is 132 cm³/mol. The molecule has 3 heterocycles. The van der Waals surface area contributed by atoms with Crippen LogP contribution in [0.5, 0.6) is 0 Å². The number of nitrogens with zero attached hydrogens (tertiary/aromatic N) is 3. The molecule has 0 radical (unpaired) electrons. The third-order valence-electron chi connectivity index (χ3n) is 7.55. The zero-order valence-corrected chi connectivity index (χ0v) is 19.7. The molecule has 2 aliphatic heterocycles. The van der Waals surface area contributed by atoms with Crippen LogP contribution in [0.4, 0.5) is 5.69 Å². The number of nitrogens with one attached hydrogen (secondary N) is 1. The van der Waals surface area contributed by atoms with Crippen LogP contribution in [0.3, 0.4) is 0 Å². The van der Waals surface area contributed by atoms with E-state index in [0.29, 0.717) is 12.1 Å². The first-order valence-corrected chi connectivity index (χ1v) is 12.8. The van der Waals surface area contributed by atoms with Crippen LogP contribution in [-0.2, 0) is 24.1 Å². The smallest absolute Gasteiger partial charge is 0.0642 e. The van der Waals surface area contributed by atoms with Gasteiger partial charge in [0.1, 0.15) is 0 Å². The molecule has 33 heavy (non-hydrogen) atoms. The van der Waals surface area contributed by atoms with Crippen LogP contribution < -0.4 is 10.2 Å². The molecular formula is C27H38N4O2. The summed E-state index contributed by atoms with van der Waals surface area (Å²) in [5.41, 5.74) is 7.04. The molecule has 6 nitrogen and oxygen atoms in total. The van der Waals surface area contributed by atoms with E-state index in [-0.39, 0.29) is 6.61 Å². The molecule has 1 saturated heterocycles. The Balaban J connectivity index is 1.35. The maximum Gasteiger partial charge on any atom is 0.0642 e. The Morgan fingerprint density at radius 1 is 1.12 bits per heavy atom. The van der Waals surface area contributed by atoms with Crippen LogP contribution in [-0.4, -0.2) is 67.0 Å². The molecule has 178 valence electrons. The van der Waals surface area contributed by atoms with Gasteiger partial charge in [0.25, 0.3) is 0 Å². The second kappa shape index (κ2) is 11.0. The van der Waals surface area contributed by atoms with Crippen molar-refractivity contribution in [3.63, 3.8) is 0 Å². The van der Waals surface area contributed by atoms with Crippen molar-refractivity contribution >= 4 is 5.69 Å². The van der Waals surface area contributed by atoms with Gasteiger partial charge in [-0.2, -0.15) is 0 Å². The summed E-state index contributed by atoms with van der Waals surface area (Å²) in [4.78, 5) is 9.98. The van der Waals surface area contributed by atoms with Gasteiger partial charge in [-0.1, -0.05) is 18.2 Å². The number of anilines is 1. The SMILES string of the molecule is OCCCCN(C[C@H]1Cc2c(cccc2N2CCOCC2)CN1)[C@H]1CCCc2cccnc21. The molecule has 6 heteroatoms. The van der Waals surface area contributed by atoms with Gasteiger partial charge in [-0.15, -0.1) is 0 Å². The Hall–Kier alpha value is -1.99. The van der Waals surface area contributed by atoms with Crippen molar-refractivity contribution in [2.24, 2.45) is 0 Å². The van der Waals surface area contributed by atoms with Crippen LogP contribution in [0.1, 0.15) is 54.1 Å². The molecule has 0 unspecified atom stereocenters. The number of hydrogen-bond donors (Lipinski definition) is 2. The van der Waals surface area contributed by atoms with Crippen molar-refractivity contribution in [1.82, 2.24) is 15.2 Å². The van der Waals surface area contributed by atoms with Crippen molar-refractivity contribution in [2.45, 2.75) is 57.2 Å². The summed E-state index contributed by atoms with van der Waals surface area (Å²) in [7, 11) is 0. The number of aryl methyl sites for hydroxylation is 1. The highest BCUT2D eigenvalue weighted by molar-refractivity contribution is 5.58. The minimum Gasteiger partial charge on any atom is -0.396 e. The minimum atomic E-state index is 0.269. The van der Waals surface area contributed by atoms with E-state index in [1.807, 2.05) is 6.20 Å². The van der Waals surface area contributed by atoms with E-state index >= 15 is 0 Å². The average molecular weight is 451 g/mol. The van der Waals surface area contributed by atoms with Crippen LogP contribution in [0.2, 0.25) is 0 Å². The monoisotopic (exact) mass is 450 g/mol. The number of unbranched alkanes of at least 4 members (excludes halogenated alkanes) is 1. The standard InChI is InChI=1S/C27H38N4O2/c32-15-2-1-12-31(26-10-3-6-21-8-5-11-28-27(21)26)20-23-18-24-22(19-29-23)7-4-9-25(24)30-13-16-33-17-14-30/h4-5,7-9,11,23,26,29,32H,1-3,6,10,12-20H2/t23-,26+/m1/s1. The third kappa shape index (κ3) is 5.24. The molecule has 5 rings (SSSR count). The lowest BCUT2D eigenvalue weighted by Gasteiger charge is -2.39. The number of fused-ring (bicyclic) bond motifs is 2. The van der Waals surface area contributed by atoms with Crippen molar-refractivity contribution in [2.75, 3.05) is 50.9 Å². The molecule has 1 aromatic heterocycles. The fourth-order valence-electron chi connectivity index (χ4n) is 5.85. The maximum atomic E-state index is 9.38. The number of aliphatic hydroxyl groups excluding tert-OH is 1. The quantitative estimate of drug-likeness (QED) is 0.603. The van der Waals surface area contributed by atoms with Gasteiger partial charge in [-0.05, 0) is 73.9 Å². The summed E-state index contributed by atoms with van der Waals surface area (Å²) in [5, 5.41) is 13.2. The van der Waals surface area contributed by atoms with Gasteiger partial charge < -0.3 is 20.1 Å². The number of aliphatic hydroxyl groups is 1. The number of ether oxygens (including phenoxy) is 1. The Kier molecular flexibility index (Phi) is 7.57. The molecule has 1 aliphatic carbocycles. The highest BCUT2D eigenvalue weighted by Crippen LogP contribution is 2.34. The van der Waals surface area contributed by atoms with E-state index in [2.05, 4.69) is 45.4 Å². The molecule has 2 N–H and O–H groups in total. The van der Waals surface area contributed by atoms with E-state index in [1.165, 1.54) is 40.9 Å². The van der Waals surface area contributed by atoms with Crippen LogP contribution in [0.15, 0.2) is 36.5 Å².